The number of para-hydroxylation sites is 1. The number of fused-ring (bicyclic) bond motifs is 9. The molecule has 50 heavy (non-hydrogen) atoms. The van der Waals surface area contributed by atoms with E-state index in [4.69, 9.17) is 4.42 Å². The van der Waals surface area contributed by atoms with Gasteiger partial charge in [0.1, 0.15) is 11.2 Å². The molecule has 1 aromatic heterocycles. The van der Waals surface area contributed by atoms with Gasteiger partial charge in [-0.1, -0.05) is 131 Å². The topological polar surface area (TPSA) is 16.4 Å². The molecule has 0 N–H and O–H groups in total. The summed E-state index contributed by atoms with van der Waals surface area (Å²) in [6.07, 6.45) is 0. The SMILES string of the molecule is CC1(C)c2ccccc2-c2ccc(N(c3cc(-c4ccccc4)c4c(c3)-c3ccccc3C4(C)C)c3ccc4oc5ccccc5c4c3)cc21. The van der Waals surface area contributed by atoms with Crippen LogP contribution in [0, 0.1) is 0 Å². The van der Waals surface area contributed by atoms with Crippen LogP contribution >= 0.6 is 0 Å². The second-order valence-electron chi connectivity index (χ2n) is 15.0. The maximum atomic E-state index is 6.30. The van der Waals surface area contributed by atoms with Crippen molar-refractivity contribution in [3.05, 3.63) is 174 Å². The van der Waals surface area contributed by atoms with Crippen LogP contribution in [0.1, 0.15) is 49.9 Å². The standard InChI is InChI=1S/C48H37NO/c1-47(2)41-19-11-8-16-34(41)36-24-22-32(29-43(36)47)49(31-23-25-45-39(26-31)37-18-10-13-21-44(37)50-45)33-27-38(30-14-6-5-7-15-30)46-40(28-33)35-17-9-12-20-42(35)48(46,3)4/h5-29H,1-4H3. The number of hydrogen-bond donors (Lipinski definition) is 0. The molecule has 0 atom stereocenters. The van der Waals surface area contributed by atoms with Gasteiger partial charge in [0.05, 0.1) is 0 Å². The summed E-state index contributed by atoms with van der Waals surface area (Å²) in [7, 11) is 0. The second-order valence-corrected chi connectivity index (χ2v) is 15.0. The van der Waals surface area contributed by atoms with E-state index in [0.29, 0.717) is 0 Å². The zero-order valence-electron chi connectivity index (χ0n) is 28.8. The van der Waals surface area contributed by atoms with Crippen LogP contribution in [0.4, 0.5) is 17.1 Å². The molecule has 0 saturated carbocycles. The molecule has 7 aromatic carbocycles. The molecule has 2 aliphatic rings. The number of hydrogen-bond acceptors (Lipinski definition) is 2. The van der Waals surface area contributed by atoms with Gasteiger partial charge in [-0.15, -0.1) is 0 Å². The quantitative estimate of drug-likeness (QED) is 0.190. The molecule has 10 rings (SSSR count). The van der Waals surface area contributed by atoms with Gasteiger partial charge in [0.2, 0.25) is 0 Å². The second kappa shape index (κ2) is 10.3. The summed E-state index contributed by atoms with van der Waals surface area (Å²) in [5.74, 6) is 0. The Balaban J connectivity index is 1.27. The molecule has 0 spiro atoms. The molecule has 0 unspecified atom stereocenters. The Hall–Kier alpha value is -5.86. The van der Waals surface area contributed by atoms with Crippen LogP contribution in [0.15, 0.2) is 156 Å². The molecule has 0 bridgehead atoms. The Morgan fingerprint density at radius 3 is 1.78 bits per heavy atom. The number of nitrogens with zero attached hydrogens (tertiary/aromatic N) is 1. The molecular formula is C48H37NO. The summed E-state index contributed by atoms with van der Waals surface area (Å²) >= 11 is 0. The smallest absolute Gasteiger partial charge is 0.135 e. The maximum absolute atomic E-state index is 6.30. The van der Waals surface area contributed by atoms with Crippen LogP contribution in [0.2, 0.25) is 0 Å². The fraction of sp³-hybridized carbons (Fsp3) is 0.125. The van der Waals surface area contributed by atoms with Crippen molar-refractivity contribution in [2.75, 3.05) is 4.90 Å². The van der Waals surface area contributed by atoms with Crippen molar-refractivity contribution in [2.45, 2.75) is 38.5 Å². The highest BCUT2D eigenvalue weighted by Gasteiger charge is 2.39. The zero-order valence-corrected chi connectivity index (χ0v) is 28.8. The normalized spacial score (nSPS) is 14.7. The van der Waals surface area contributed by atoms with Crippen molar-refractivity contribution < 1.29 is 4.42 Å². The van der Waals surface area contributed by atoms with Crippen molar-refractivity contribution in [2.24, 2.45) is 0 Å². The first-order valence-electron chi connectivity index (χ1n) is 17.6. The minimum Gasteiger partial charge on any atom is -0.456 e. The highest BCUT2D eigenvalue weighted by atomic mass is 16.3. The molecule has 0 fully saturated rings. The van der Waals surface area contributed by atoms with Crippen molar-refractivity contribution in [3.63, 3.8) is 0 Å². The van der Waals surface area contributed by atoms with Crippen LogP contribution in [-0.4, -0.2) is 0 Å². The summed E-state index contributed by atoms with van der Waals surface area (Å²) in [5.41, 5.74) is 18.2. The first-order chi connectivity index (χ1) is 24.3. The third kappa shape index (κ3) is 4.02. The maximum Gasteiger partial charge on any atom is 0.135 e. The van der Waals surface area contributed by atoms with Crippen LogP contribution in [0.25, 0.3) is 55.3 Å². The van der Waals surface area contributed by atoms with Gasteiger partial charge in [0.15, 0.2) is 0 Å². The third-order valence-corrected chi connectivity index (χ3v) is 11.4. The van der Waals surface area contributed by atoms with E-state index in [1.54, 1.807) is 0 Å². The molecule has 2 aliphatic carbocycles. The molecule has 0 aliphatic heterocycles. The van der Waals surface area contributed by atoms with Crippen molar-refractivity contribution in [1.82, 2.24) is 0 Å². The molecule has 0 amide bonds. The van der Waals surface area contributed by atoms with Crippen LogP contribution in [0.5, 0.6) is 0 Å². The number of furan rings is 1. The van der Waals surface area contributed by atoms with E-state index < -0.39 is 0 Å². The van der Waals surface area contributed by atoms with E-state index in [2.05, 4.69) is 178 Å². The van der Waals surface area contributed by atoms with Crippen molar-refractivity contribution in [3.8, 4) is 33.4 Å². The van der Waals surface area contributed by atoms with Gasteiger partial charge in [-0.25, -0.2) is 0 Å². The third-order valence-electron chi connectivity index (χ3n) is 11.4. The molecule has 2 heteroatoms. The van der Waals surface area contributed by atoms with E-state index >= 15 is 0 Å². The van der Waals surface area contributed by atoms with E-state index in [-0.39, 0.29) is 10.8 Å². The predicted molar refractivity (Wildman–Crippen MR) is 209 cm³/mol. The molecular weight excluding hydrogens is 607 g/mol. The lowest BCUT2D eigenvalue weighted by Crippen LogP contribution is -2.18. The Labute approximate surface area is 293 Å². The molecule has 1 heterocycles. The van der Waals surface area contributed by atoms with Gasteiger partial charge >= 0.3 is 0 Å². The van der Waals surface area contributed by atoms with Gasteiger partial charge in [-0.2, -0.15) is 0 Å². The lowest BCUT2D eigenvalue weighted by atomic mass is 9.78. The Kier molecular flexibility index (Phi) is 6.01. The minimum absolute atomic E-state index is 0.117. The Morgan fingerprint density at radius 1 is 0.400 bits per heavy atom. The first kappa shape index (κ1) is 29.1. The van der Waals surface area contributed by atoms with Crippen molar-refractivity contribution >= 4 is 39.0 Å². The summed E-state index contributed by atoms with van der Waals surface area (Å²) in [5, 5.41) is 2.25. The van der Waals surface area contributed by atoms with E-state index in [1.165, 1.54) is 55.6 Å². The summed E-state index contributed by atoms with van der Waals surface area (Å²) in [4.78, 5) is 2.46. The lowest BCUT2D eigenvalue weighted by molar-refractivity contribution is 0.660. The van der Waals surface area contributed by atoms with Crippen LogP contribution in [0.3, 0.4) is 0 Å². The van der Waals surface area contributed by atoms with Gasteiger partial charge in [-0.3, -0.25) is 0 Å². The zero-order chi connectivity index (χ0) is 33.8. The minimum atomic E-state index is -0.140. The van der Waals surface area contributed by atoms with E-state index in [1.807, 2.05) is 6.07 Å². The van der Waals surface area contributed by atoms with Crippen LogP contribution in [-0.2, 0) is 10.8 Å². The monoisotopic (exact) mass is 643 g/mol. The molecule has 240 valence electrons. The van der Waals surface area contributed by atoms with Crippen LogP contribution < -0.4 is 4.90 Å². The van der Waals surface area contributed by atoms with Gasteiger partial charge < -0.3 is 9.32 Å². The molecule has 2 nitrogen and oxygen atoms in total. The number of benzene rings is 7. The molecule has 8 aromatic rings. The highest BCUT2D eigenvalue weighted by Crippen LogP contribution is 2.55. The molecule has 0 saturated heterocycles. The number of anilines is 3. The van der Waals surface area contributed by atoms with Gasteiger partial charge in [0.25, 0.3) is 0 Å². The average molecular weight is 644 g/mol. The number of rotatable bonds is 4. The summed E-state index contributed by atoms with van der Waals surface area (Å²) in [6.45, 7) is 9.47. The summed E-state index contributed by atoms with van der Waals surface area (Å²) in [6, 6.07) is 55.7. The lowest BCUT2D eigenvalue weighted by Gasteiger charge is -2.30. The Bertz CT molecular complexity index is 2660. The van der Waals surface area contributed by atoms with Gasteiger partial charge in [0, 0.05) is 38.7 Å². The molecule has 0 radical (unpaired) electrons. The highest BCUT2D eigenvalue weighted by molar-refractivity contribution is 6.07. The van der Waals surface area contributed by atoms with E-state index in [0.717, 1.165) is 39.0 Å². The van der Waals surface area contributed by atoms with Crippen molar-refractivity contribution in [1.29, 1.82) is 0 Å². The summed E-state index contributed by atoms with van der Waals surface area (Å²) < 4.78 is 6.30. The van der Waals surface area contributed by atoms with Gasteiger partial charge in [-0.05, 0) is 104 Å². The van der Waals surface area contributed by atoms with E-state index in [9.17, 15) is 0 Å². The largest absolute Gasteiger partial charge is 0.456 e. The average Bonchev–Trinajstić information content (AvgIpc) is 3.71. The fourth-order valence-electron chi connectivity index (χ4n) is 9.02. The first-order valence-corrected chi connectivity index (χ1v) is 17.6. The fourth-order valence-corrected chi connectivity index (χ4v) is 9.02. The Morgan fingerprint density at radius 2 is 0.980 bits per heavy atom. The predicted octanol–water partition coefficient (Wildman–Crippen LogP) is 13.3.